The molecule has 4 aromatic rings. The highest BCUT2D eigenvalue weighted by Crippen LogP contribution is 2.37. The number of hydrogen-bond acceptors (Lipinski definition) is 8. The zero-order valence-corrected chi connectivity index (χ0v) is 25.9. The van der Waals surface area contributed by atoms with E-state index in [0.29, 0.717) is 0 Å². The summed E-state index contributed by atoms with van der Waals surface area (Å²) in [6.45, 7) is 8.80. The van der Waals surface area contributed by atoms with E-state index in [-0.39, 0.29) is 53.0 Å². The lowest BCUT2D eigenvalue weighted by Gasteiger charge is -2.47. The van der Waals surface area contributed by atoms with Gasteiger partial charge in [-0.25, -0.2) is 31.5 Å². The molecule has 0 unspecified atom stereocenters. The first-order valence-corrected chi connectivity index (χ1v) is 15.6. The molecule has 1 atom stereocenters. The molecule has 1 N–H and O–H groups in total. The van der Waals surface area contributed by atoms with Crippen molar-refractivity contribution >= 4 is 42.8 Å². The second-order valence-corrected chi connectivity index (χ2v) is 14.4. The summed E-state index contributed by atoms with van der Waals surface area (Å²) in [7, 11) is -0.255. The summed E-state index contributed by atoms with van der Waals surface area (Å²) < 4.78 is 58.5. The van der Waals surface area contributed by atoms with Gasteiger partial charge in [0.05, 0.1) is 37.0 Å². The molecule has 5 rings (SSSR count). The quantitative estimate of drug-likeness (QED) is 0.253. The lowest BCUT2D eigenvalue weighted by molar-refractivity contribution is -0.127. The molecule has 10 nitrogen and oxygen atoms in total. The lowest BCUT2D eigenvalue weighted by Crippen LogP contribution is -2.63. The third kappa shape index (κ3) is 5.17. The van der Waals surface area contributed by atoms with Gasteiger partial charge < -0.3 is 14.9 Å². The van der Waals surface area contributed by atoms with Crippen LogP contribution >= 0.6 is 0 Å². The normalized spacial score (nSPS) is 17.3. The number of carbonyl (C=O) groups excluding carboxylic acids is 1. The molecule has 1 saturated heterocycles. The summed E-state index contributed by atoms with van der Waals surface area (Å²) in [5.74, 6) is -2.86. The molecule has 3 radical (unpaired) electrons. The second-order valence-electron chi connectivity index (χ2n) is 10.8. The maximum absolute atomic E-state index is 15.9. The number of nitrogens with zero attached hydrogens (tertiary/aromatic N) is 5. The standard InChI is InChI=1S/C30H28F2N5O5SSi/c1-5-24(39)35-13-14-36(30(4,44)16-35)27-18-15-20(32)26(25-19(31)9-8-11-22(25)38)33-28(18)37(29(40)34-27)21-10-6-7-12-23(21)43(41,42)17(2)3/h5-12,15,17,38H,1,13-14,16H2,2-4H3/t30-/m0/s1. The fraction of sp³-hybridized carbons (Fsp3) is 0.267. The van der Waals surface area contributed by atoms with Gasteiger partial charge in [0.1, 0.15) is 23.1 Å². The number of pyridine rings is 1. The Balaban J connectivity index is 1.87. The van der Waals surface area contributed by atoms with Gasteiger partial charge in [-0.05, 0) is 57.2 Å². The molecule has 2 aromatic carbocycles. The van der Waals surface area contributed by atoms with E-state index in [1.165, 1.54) is 56.3 Å². The van der Waals surface area contributed by atoms with E-state index in [1.807, 2.05) is 0 Å². The smallest absolute Gasteiger partial charge is 0.355 e. The molecular formula is C30H28F2N5O5SSi. The van der Waals surface area contributed by atoms with Gasteiger partial charge in [0.2, 0.25) is 5.91 Å². The number of anilines is 1. The van der Waals surface area contributed by atoms with Gasteiger partial charge in [-0.2, -0.15) is 4.98 Å². The first-order valence-electron chi connectivity index (χ1n) is 13.6. The number of sulfone groups is 1. The topological polar surface area (TPSA) is 126 Å². The molecule has 1 aliphatic rings. The van der Waals surface area contributed by atoms with Crippen LogP contribution in [0.15, 0.2) is 70.9 Å². The monoisotopic (exact) mass is 636 g/mol. The van der Waals surface area contributed by atoms with E-state index in [2.05, 4.69) is 26.8 Å². The Labute approximate surface area is 255 Å². The van der Waals surface area contributed by atoms with E-state index < -0.39 is 54.6 Å². The molecule has 227 valence electrons. The van der Waals surface area contributed by atoms with Crippen molar-refractivity contribution in [3.63, 3.8) is 0 Å². The third-order valence-corrected chi connectivity index (χ3v) is 10.1. The highest BCUT2D eigenvalue weighted by atomic mass is 32.2. The van der Waals surface area contributed by atoms with E-state index in [1.54, 1.807) is 16.7 Å². The van der Waals surface area contributed by atoms with Crippen molar-refractivity contribution in [2.75, 3.05) is 24.5 Å². The van der Waals surface area contributed by atoms with Crippen LogP contribution in [0, 0.1) is 11.6 Å². The zero-order valence-electron chi connectivity index (χ0n) is 24.1. The third-order valence-electron chi connectivity index (χ3n) is 7.49. The number of phenolic OH excluding ortho intramolecular Hbond substituents is 1. The predicted molar refractivity (Wildman–Crippen MR) is 163 cm³/mol. The Bertz CT molecular complexity index is 1980. The summed E-state index contributed by atoms with van der Waals surface area (Å²) in [5, 5.41) is 8.61. The van der Waals surface area contributed by atoms with Crippen LogP contribution in [-0.2, 0) is 14.6 Å². The van der Waals surface area contributed by atoms with Crippen LogP contribution in [0.3, 0.4) is 0 Å². The number of fused-ring (bicyclic) bond motifs is 1. The van der Waals surface area contributed by atoms with Crippen LogP contribution in [0.2, 0.25) is 0 Å². The van der Waals surface area contributed by atoms with Gasteiger partial charge in [0.15, 0.2) is 21.3 Å². The summed E-state index contributed by atoms with van der Waals surface area (Å²) in [4.78, 5) is 37.9. The highest BCUT2D eigenvalue weighted by molar-refractivity contribution is 7.92. The zero-order chi connectivity index (χ0) is 32.1. The van der Waals surface area contributed by atoms with Crippen LogP contribution < -0.4 is 10.6 Å². The molecule has 0 saturated carbocycles. The molecule has 0 aliphatic carbocycles. The van der Waals surface area contributed by atoms with Crippen LogP contribution in [0.1, 0.15) is 20.8 Å². The number of phenols is 1. The molecule has 0 spiro atoms. The average Bonchev–Trinajstić information content (AvgIpc) is 2.96. The minimum absolute atomic E-state index is 0.00403. The maximum Gasteiger partial charge on any atom is 0.355 e. The number of rotatable bonds is 6. The maximum atomic E-state index is 15.9. The Morgan fingerprint density at radius 3 is 2.45 bits per heavy atom. The van der Waals surface area contributed by atoms with Crippen molar-refractivity contribution in [3.05, 3.63) is 83.3 Å². The minimum atomic E-state index is -3.94. The largest absolute Gasteiger partial charge is 0.507 e. The van der Waals surface area contributed by atoms with Crippen molar-refractivity contribution in [3.8, 4) is 22.7 Å². The van der Waals surface area contributed by atoms with E-state index in [0.717, 1.165) is 16.7 Å². The number of benzene rings is 2. The summed E-state index contributed by atoms with van der Waals surface area (Å²) in [5.41, 5.74) is -2.37. The number of amides is 1. The fourth-order valence-corrected chi connectivity index (χ4v) is 6.88. The van der Waals surface area contributed by atoms with Crippen LogP contribution in [0.25, 0.3) is 28.0 Å². The molecule has 14 heteroatoms. The number of aromatic nitrogens is 3. The van der Waals surface area contributed by atoms with Crippen LogP contribution in [0.4, 0.5) is 14.6 Å². The number of aromatic hydroxyl groups is 1. The van der Waals surface area contributed by atoms with Gasteiger partial charge in [0.25, 0.3) is 0 Å². The molecule has 1 amide bonds. The summed E-state index contributed by atoms with van der Waals surface area (Å²) in [6, 6.07) is 10.2. The molecule has 1 aliphatic heterocycles. The Hall–Kier alpha value is -4.43. The summed E-state index contributed by atoms with van der Waals surface area (Å²) >= 11 is 0. The van der Waals surface area contributed by atoms with Crippen LogP contribution in [0.5, 0.6) is 5.75 Å². The predicted octanol–water partition coefficient (Wildman–Crippen LogP) is 3.33. The first kappa shape index (κ1) is 31.0. The van der Waals surface area contributed by atoms with Crippen LogP contribution in [-0.4, -0.2) is 79.2 Å². The number of halogens is 2. The Morgan fingerprint density at radius 2 is 1.82 bits per heavy atom. The number of para-hydroxylation sites is 1. The molecule has 1 fully saturated rings. The molecule has 2 aromatic heterocycles. The molecule has 44 heavy (non-hydrogen) atoms. The van der Waals surface area contributed by atoms with Gasteiger partial charge in [-0.1, -0.05) is 24.8 Å². The fourth-order valence-electron chi connectivity index (χ4n) is 5.25. The average molecular weight is 637 g/mol. The van der Waals surface area contributed by atoms with E-state index in [9.17, 15) is 27.5 Å². The molecule has 3 heterocycles. The van der Waals surface area contributed by atoms with Crippen molar-refractivity contribution in [2.45, 2.75) is 36.1 Å². The van der Waals surface area contributed by atoms with Crippen molar-refractivity contribution in [2.24, 2.45) is 0 Å². The highest BCUT2D eigenvalue weighted by Gasteiger charge is 2.38. The molecular weight excluding hydrogens is 609 g/mol. The van der Waals surface area contributed by atoms with Crippen molar-refractivity contribution < 1.29 is 27.1 Å². The lowest BCUT2D eigenvalue weighted by atomic mass is 10.1. The van der Waals surface area contributed by atoms with E-state index in [4.69, 9.17) is 0 Å². The Morgan fingerprint density at radius 1 is 1.11 bits per heavy atom. The summed E-state index contributed by atoms with van der Waals surface area (Å²) in [6.07, 6.45) is 1.19. The molecule has 0 bridgehead atoms. The first-order chi connectivity index (χ1) is 20.7. The van der Waals surface area contributed by atoms with Gasteiger partial charge >= 0.3 is 5.69 Å². The number of piperazine rings is 1. The SMILES string of the molecule is C=CC(=O)N1CCN(c2nc(=O)n(-c3ccccc3S(=O)(=O)C(C)C)c3nc(-c4c(O)cccc4F)c(F)cc23)[C@@](C)([Si])C1. The van der Waals surface area contributed by atoms with Gasteiger partial charge in [-0.15, -0.1) is 0 Å². The minimum Gasteiger partial charge on any atom is -0.507 e. The van der Waals surface area contributed by atoms with Crippen molar-refractivity contribution in [1.82, 2.24) is 19.4 Å². The number of hydrogen-bond donors (Lipinski definition) is 1. The van der Waals surface area contributed by atoms with Gasteiger partial charge in [0, 0.05) is 24.8 Å². The van der Waals surface area contributed by atoms with E-state index >= 15 is 4.39 Å². The van der Waals surface area contributed by atoms with Crippen molar-refractivity contribution in [1.29, 1.82) is 0 Å². The second kappa shape index (κ2) is 11.2. The van der Waals surface area contributed by atoms with Gasteiger partial charge in [-0.3, -0.25) is 4.79 Å². The Kier molecular flexibility index (Phi) is 7.93. The number of carbonyl (C=O) groups is 1.